The Morgan fingerprint density at radius 3 is 1.63 bits per heavy atom. The lowest BCUT2D eigenvalue weighted by molar-refractivity contribution is 0.669. The van der Waals surface area contributed by atoms with Crippen molar-refractivity contribution in [2.45, 2.75) is 0 Å². The molecule has 0 N–H and O–H groups in total. The van der Waals surface area contributed by atoms with E-state index in [0.717, 1.165) is 76.9 Å². The van der Waals surface area contributed by atoms with Crippen molar-refractivity contribution in [1.82, 2.24) is 15.0 Å². The van der Waals surface area contributed by atoms with E-state index in [2.05, 4.69) is 182 Å². The molecule has 0 amide bonds. The van der Waals surface area contributed by atoms with E-state index in [-0.39, 0.29) is 0 Å². The van der Waals surface area contributed by atoms with E-state index < -0.39 is 0 Å². The van der Waals surface area contributed by atoms with Crippen LogP contribution in [0.5, 0.6) is 0 Å². The van der Waals surface area contributed by atoms with Crippen LogP contribution in [0, 0.1) is 0 Å². The Kier molecular flexibility index (Phi) is 7.50. The van der Waals surface area contributed by atoms with Crippen molar-refractivity contribution in [3.8, 4) is 56.4 Å². The summed E-state index contributed by atoms with van der Waals surface area (Å²) in [6.45, 7) is 0. The van der Waals surface area contributed by atoms with Crippen molar-refractivity contribution in [2.24, 2.45) is 0 Å². The summed E-state index contributed by atoms with van der Waals surface area (Å²) < 4.78 is 6.59. The fourth-order valence-electron chi connectivity index (χ4n) is 9.07. The highest BCUT2D eigenvalue weighted by Crippen LogP contribution is 2.44. The minimum atomic E-state index is 0.552. The van der Waals surface area contributed by atoms with Crippen LogP contribution >= 0.6 is 0 Å². The zero-order valence-corrected chi connectivity index (χ0v) is 31.8. The molecule has 4 heteroatoms. The van der Waals surface area contributed by atoms with Crippen LogP contribution in [0.4, 0.5) is 0 Å². The lowest BCUT2D eigenvalue weighted by Gasteiger charge is -2.17. The van der Waals surface area contributed by atoms with Gasteiger partial charge in [0.25, 0.3) is 0 Å². The van der Waals surface area contributed by atoms with Gasteiger partial charge in [-0.3, -0.25) is 0 Å². The van der Waals surface area contributed by atoms with Gasteiger partial charge in [-0.25, -0.2) is 15.0 Å². The van der Waals surface area contributed by atoms with Crippen LogP contribution in [-0.4, -0.2) is 15.0 Å². The number of aromatic nitrogens is 3. The zero-order valence-electron chi connectivity index (χ0n) is 31.8. The smallest absolute Gasteiger partial charge is 0.167 e. The summed E-state index contributed by atoms with van der Waals surface area (Å²) in [5.74, 6) is 1.74. The molecule has 4 nitrogen and oxygen atoms in total. The monoisotopic (exact) mass is 751 g/mol. The normalized spacial score (nSPS) is 11.7. The van der Waals surface area contributed by atoms with E-state index in [4.69, 9.17) is 19.4 Å². The lowest BCUT2D eigenvalue weighted by atomic mass is 9.88. The van der Waals surface area contributed by atoms with Gasteiger partial charge in [0.05, 0.1) is 5.56 Å². The molecule has 0 spiro atoms. The van der Waals surface area contributed by atoms with Crippen molar-refractivity contribution >= 4 is 65.0 Å². The highest BCUT2D eigenvalue weighted by molar-refractivity contribution is 6.21. The Morgan fingerprint density at radius 1 is 0.305 bits per heavy atom. The van der Waals surface area contributed by atoms with Crippen LogP contribution in [0.3, 0.4) is 0 Å². The van der Waals surface area contributed by atoms with Gasteiger partial charge in [-0.15, -0.1) is 0 Å². The standard InChI is InChI=1S/C55H33N3O/c1-2-16-35(17-3-1)50-42-23-6-8-25-44(42)51(45-26-9-7-24-43(45)50)55-57-53(56-54(58-55)47-29-14-28-46-41-22-10-11-30-48(41)59-52(46)47)38-20-12-19-37(33-38)40-27-13-18-36-32-31-34-15-4-5-21-39(34)49(36)40/h1-33H. The van der Waals surface area contributed by atoms with Crippen LogP contribution in [-0.2, 0) is 0 Å². The number of hydrogen-bond acceptors (Lipinski definition) is 4. The summed E-state index contributed by atoms with van der Waals surface area (Å²) in [5, 5.41) is 11.4. The van der Waals surface area contributed by atoms with Gasteiger partial charge in [0.2, 0.25) is 0 Å². The molecule has 0 aliphatic heterocycles. The second-order valence-corrected chi connectivity index (χ2v) is 15.1. The molecule has 0 aliphatic rings. The van der Waals surface area contributed by atoms with Crippen molar-refractivity contribution in [3.05, 3.63) is 200 Å². The fourth-order valence-corrected chi connectivity index (χ4v) is 9.07. The van der Waals surface area contributed by atoms with Crippen molar-refractivity contribution in [2.75, 3.05) is 0 Å². The minimum Gasteiger partial charge on any atom is -0.455 e. The molecule has 10 aromatic carbocycles. The van der Waals surface area contributed by atoms with Gasteiger partial charge in [-0.1, -0.05) is 182 Å². The molecule has 59 heavy (non-hydrogen) atoms. The fraction of sp³-hybridized carbons (Fsp3) is 0. The van der Waals surface area contributed by atoms with E-state index in [1.54, 1.807) is 0 Å². The van der Waals surface area contributed by atoms with Crippen LogP contribution in [0.1, 0.15) is 0 Å². The van der Waals surface area contributed by atoms with Crippen molar-refractivity contribution in [1.29, 1.82) is 0 Å². The van der Waals surface area contributed by atoms with Crippen LogP contribution < -0.4 is 0 Å². The lowest BCUT2D eigenvalue weighted by Crippen LogP contribution is -2.02. The third-order valence-electron chi connectivity index (χ3n) is 11.7. The number of benzene rings is 10. The van der Waals surface area contributed by atoms with Gasteiger partial charge in [-0.2, -0.15) is 0 Å². The predicted octanol–water partition coefficient (Wildman–Crippen LogP) is 14.7. The summed E-state index contributed by atoms with van der Waals surface area (Å²) in [6.07, 6.45) is 0. The number of hydrogen-bond donors (Lipinski definition) is 0. The molecule has 0 aliphatic carbocycles. The number of fused-ring (bicyclic) bond motifs is 8. The van der Waals surface area contributed by atoms with Gasteiger partial charge >= 0.3 is 0 Å². The number of rotatable bonds is 5. The SMILES string of the molecule is c1ccc(-c2c3ccccc3c(-c3nc(-c4cccc(-c5cccc6ccc7ccccc7c56)c4)nc(-c4cccc5c4oc4ccccc45)n3)c3ccccc23)cc1. The minimum absolute atomic E-state index is 0.552. The number of para-hydroxylation sites is 2. The van der Waals surface area contributed by atoms with Crippen molar-refractivity contribution in [3.63, 3.8) is 0 Å². The molecular formula is C55H33N3O. The maximum absolute atomic E-state index is 6.59. The van der Waals surface area contributed by atoms with Crippen molar-refractivity contribution < 1.29 is 4.42 Å². The highest BCUT2D eigenvalue weighted by Gasteiger charge is 2.22. The molecule has 0 radical (unpaired) electrons. The Bertz CT molecular complexity index is 3570. The van der Waals surface area contributed by atoms with E-state index in [1.807, 2.05) is 18.2 Å². The molecule has 0 saturated heterocycles. The van der Waals surface area contributed by atoms with Gasteiger partial charge in [-0.05, 0) is 83.5 Å². The summed E-state index contributed by atoms with van der Waals surface area (Å²) in [5.41, 5.74) is 8.87. The molecule has 0 atom stereocenters. The number of nitrogens with zero attached hydrogens (tertiary/aromatic N) is 3. The summed E-state index contributed by atoms with van der Waals surface area (Å²) in [4.78, 5) is 16.1. The topological polar surface area (TPSA) is 51.8 Å². The maximum Gasteiger partial charge on any atom is 0.167 e. The molecule has 2 heterocycles. The molecule has 0 unspecified atom stereocenters. The first kappa shape index (κ1) is 33.2. The Morgan fingerprint density at radius 2 is 0.831 bits per heavy atom. The van der Waals surface area contributed by atoms with E-state index in [1.165, 1.54) is 27.1 Å². The van der Waals surface area contributed by atoms with Gasteiger partial charge in [0, 0.05) is 21.9 Å². The molecule has 0 fully saturated rings. The molecule has 0 bridgehead atoms. The summed E-state index contributed by atoms with van der Waals surface area (Å²) in [7, 11) is 0. The maximum atomic E-state index is 6.59. The molecule has 274 valence electrons. The second kappa shape index (κ2) is 13.3. The van der Waals surface area contributed by atoms with Gasteiger partial charge in [0.1, 0.15) is 11.2 Å². The van der Waals surface area contributed by atoms with E-state index >= 15 is 0 Å². The average molecular weight is 752 g/mol. The summed E-state index contributed by atoms with van der Waals surface area (Å²) in [6, 6.07) is 70.5. The molecule has 12 rings (SSSR count). The first-order valence-electron chi connectivity index (χ1n) is 19.9. The predicted molar refractivity (Wildman–Crippen MR) is 244 cm³/mol. The molecule has 2 aromatic heterocycles. The molecular weight excluding hydrogens is 719 g/mol. The first-order chi connectivity index (χ1) is 29.3. The molecule has 12 aromatic rings. The quantitative estimate of drug-likeness (QED) is 0.130. The van der Waals surface area contributed by atoms with Crippen LogP contribution in [0.15, 0.2) is 205 Å². The van der Waals surface area contributed by atoms with Crippen LogP contribution in [0.25, 0.3) is 121 Å². The zero-order chi connectivity index (χ0) is 38.9. The third-order valence-corrected chi connectivity index (χ3v) is 11.7. The largest absolute Gasteiger partial charge is 0.455 e. The second-order valence-electron chi connectivity index (χ2n) is 15.1. The first-order valence-corrected chi connectivity index (χ1v) is 19.9. The third kappa shape index (κ3) is 5.34. The van der Waals surface area contributed by atoms with Gasteiger partial charge in [0.15, 0.2) is 17.5 Å². The Balaban J connectivity index is 1.15. The van der Waals surface area contributed by atoms with Crippen LogP contribution in [0.2, 0.25) is 0 Å². The number of furan rings is 1. The average Bonchev–Trinajstić information content (AvgIpc) is 3.70. The highest BCUT2D eigenvalue weighted by atomic mass is 16.3. The van der Waals surface area contributed by atoms with E-state index in [0.29, 0.717) is 17.5 Å². The van der Waals surface area contributed by atoms with E-state index in [9.17, 15) is 0 Å². The molecule has 0 saturated carbocycles. The Labute approximate surface area is 339 Å². The summed E-state index contributed by atoms with van der Waals surface area (Å²) >= 11 is 0. The van der Waals surface area contributed by atoms with Gasteiger partial charge < -0.3 is 4.42 Å². The Hall–Kier alpha value is -7.95.